The number of carbonyl (C=O) groups is 4. The van der Waals surface area contributed by atoms with Gasteiger partial charge in [-0.25, -0.2) is 9.37 Å². The lowest BCUT2D eigenvalue weighted by molar-refractivity contribution is -0.148. The van der Waals surface area contributed by atoms with E-state index < -0.39 is 35.3 Å². The van der Waals surface area contributed by atoms with Gasteiger partial charge in [0.05, 0.1) is 0 Å². The van der Waals surface area contributed by atoms with Gasteiger partial charge in [0.25, 0.3) is 5.91 Å². The molecule has 262 valence electrons. The van der Waals surface area contributed by atoms with Gasteiger partial charge in [-0.15, -0.1) is 11.3 Å². The minimum absolute atomic E-state index is 0.0911. The van der Waals surface area contributed by atoms with Crippen molar-refractivity contribution in [3.63, 3.8) is 0 Å². The van der Waals surface area contributed by atoms with Crippen LogP contribution >= 0.6 is 11.3 Å². The van der Waals surface area contributed by atoms with Crippen LogP contribution in [0, 0.1) is 17.2 Å². The minimum atomic E-state index is -0.908. The zero-order valence-corrected chi connectivity index (χ0v) is 30.1. The summed E-state index contributed by atoms with van der Waals surface area (Å²) in [7, 11) is 0. The molecule has 3 atom stereocenters. The molecule has 0 saturated carbocycles. The molecule has 0 saturated heterocycles. The zero-order chi connectivity index (χ0) is 35.1. The van der Waals surface area contributed by atoms with E-state index >= 15 is 0 Å². The van der Waals surface area contributed by atoms with Crippen molar-refractivity contribution < 1.29 is 28.3 Å². The molecule has 3 amide bonds. The molecule has 3 N–H and O–H groups in total. The number of hydrogen-bond donors (Lipinski definition) is 2. The molecule has 0 bridgehead atoms. The van der Waals surface area contributed by atoms with Gasteiger partial charge in [-0.2, -0.15) is 0 Å². The fraction of sp³-hybridized carbons (Fsp3) is 0.639. The highest BCUT2D eigenvalue weighted by molar-refractivity contribution is 7.09. The maximum absolute atomic E-state index is 13.5. The average molecular weight is 675 g/mol. The van der Waals surface area contributed by atoms with Crippen LogP contribution in [0.25, 0.3) is 0 Å². The highest BCUT2D eigenvalue weighted by atomic mass is 32.1. The average Bonchev–Trinajstić information content (AvgIpc) is 3.50. The molecule has 0 aliphatic carbocycles. The smallest absolute Gasteiger partial charge is 0.303 e. The van der Waals surface area contributed by atoms with Gasteiger partial charge >= 0.3 is 5.97 Å². The Balaban J connectivity index is 2.33. The first kappa shape index (κ1) is 39.8. The van der Waals surface area contributed by atoms with Crippen LogP contribution in [0.1, 0.15) is 133 Å². The summed E-state index contributed by atoms with van der Waals surface area (Å²) in [4.78, 5) is 57.9. The van der Waals surface area contributed by atoms with Crippen LogP contribution < -0.4 is 11.1 Å². The molecule has 0 radical (unpaired) electrons. The van der Waals surface area contributed by atoms with E-state index in [1.54, 1.807) is 31.4 Å². The van der Waals surface area contributed by atoms with Crippen molar-refractivity contribution in [2.75, 3.05) is 6.54 Å². The second kappa shape index (κ2) is 19.5. The van der Waals surface area contributed by atoms with Crippen LogP contribution in [-0.4, -0.2) is 52.2 Å². The number of nitrogens with one attached hydrogen (secondary N) is 1. The Labute approximate surface area is 284 Å². The summed E-state index contributed by atoms with van der Waals surface area (Å²) in [5.74, 6) is -1.59. The Kier molecular flexibility index (Phi) is 16.5. The molecule has 3 unspecified atom stereocenters. The molecule has 1 aromatic heterocycles. The largest absolute Gasteiger partial charge is 0.455 e. The predicted octanol–water partition coefficient (Wildman–Crippen LogP) is 7.14. The number of nitrogens with two attached hydrogens (primary N) is 1. The number of rotatable bonds is 21. The maximum atomic E-state index is 13.5. The van der Waals surface area contributed by atoms with Gasteiger partial charge in [0.1, 0.15) is 16.5 Å². The molecule has 2 aromatic rings. The molecular weight excluding hydrogens is 619 g/mol. The van der Waals surface area contributed by atoms with Gasteiger partial charge in [0, 0.05) is 49.2 Å². The molecule has 1 heterocycles. The van der Waals surface area contributed by atoms with Gasteiger partial charge < -0.3 is 20.7 Å². The SMILES string of the molecule is CCCCCCN(C(=O)CCCC)C(CC(OC(C)=O)c1nc(C(=O)NC(Cc2ccc(F)cc2)CC(C)(C)C(N)=O)cs1)C(C)C. The van der Waals surface area contributed by atoms with Crippen LogP contribution in [0.15, 0.2) is 29.6 Å². The molecule has 11 heteroatoms. The van der Waals surface area contributed by atoms with Crippen molar-refractivity contribution in [2.45, 2.75) is 131 Å². The van der Waals surface area contributed by atoms with Crippen molar-refractivity contribution in [1.29, 1.82) is 0 Å². The normalized spacial score (nSPS) is 13.6. The van der Waals surface area contributed by atoms with Crippen molar-refractivity contribution in [3.05, 3.63) is 51.7 Å². The Morgan fingerprint density at radius 3 is 2.28 bits per heavy atom. The van der Waals surface area contributed by atoms with E-state index in [-0.39, 0.29) is 35.8 Å². The third-order valence-corrected chi connectivity index (χ3v) is 9.37. The third-order valence-electron chi connectivity index (χ3n) is 8.44. The number of esters is 1. The molecule has 47 heavy (non-hydrogen) atoms. The molecule has 0 aliphatic heterocycles. The van der Waals surface area contributed by atoms with E-state index in [2.05, 4.69) is 38.0 Å². The van der Waals surface area contributed by atoms with Crippen molar-refractivity contribution >= 4 is 35.0 Å². The van der Waals surface area contributed by atoms with Gasteiger partial charge in [0.2, 0.25) is 11.8 Å². The van der Waals surface area contributed by atoms with Gasteiger partial charge in [0.15, 0.2) is 6.10 Å². The lowest BCUT2D eigenvalue weighted by Gasteiger charge is -2.36. The predicted molar refractivity (Wildman–Crippen MR) is 184 cm³/mol. The molecular formula is C36H55FN4O5S. The fourth-order valence-corrected chi connectivity index (χ4v) is 6.47. The number of unbranched alkanes of at least 4 members (excludes halogenated alkanes) is 4. The van der Waals surface area contributed by atoms with Crippen LogP contribution in [0.2, 0.25) is 0 Å². The highest BCUT2D eigenvalue weighted by Gasteiger charge is 2.33. The van der Waals surface area contributed by atoms with Crippen LogP contribution in [0.5, 0.6) is 0 Å². The monoisotopic (exact) mass is 674 g/mol. The third kappa shape index (κ3) is 13.4. The Bertz CT molecular complexity index is 1300. The van der Waals surface area contributed by atoms with E-state index in [9.17, 15) is 23.6 Å². The number of aromatic nitrogens is 1. The quantitative estimate of drug-likeness (QED) is 0.107. The van der Waals surface area contributed by atoms with E-state index in [0.29, 0.717) is 30.8 Å². The topological polar surface area (TPSA) is 132 Å². The van der Waals surface area contributed by atoms with Crippen molar-refractivity contribution in [3.8, 4) is 0 Å². The Morgan fingerprint density at radius 2 is 1.70 bits per heavy atom. The standard InChI is InChI=1S/C36H55FN4O5S/c1-8-10-12-13-19-41(32(43)14-11-9-2)30(24(3)4)21-31(46-25(5)42)34-40-29(23-47-34)33(44)39-28(22-36(6,7)35(38)45)20-26-15-17-27(37)18-16-26/h15-18,23-24,28,30-31H,8-14,19-22H2,1-7H3,(H2,38,45)(H,39,44). The lowest BCUT2D eigenvalue weighted by atomic mass is 9.83. The van der Waals surface area contributed by atoms with E-state index in [1.165, 1.54) is 30.4 Å². The first-order valence-corrected chi connectivity index (χ1v) is 17.8. The summed E-state index contributed by atoms with van der Waals surface area (Å²) in [5, 5.41) is 5.08. The molecule has 1 aromatic carbocycles. The number of primary amides is 1. The summed E-state index contributed by atoms with van der Waals surface area (Å²) in [6.45, 7) is 13.8. The van der Waals surface area contributed by atoms with E-state index in [1.807, 2.05) is 4.90 Å². The van der Waals surface area contributed by atoms with Crippen molar-refractivity contribution in [2.24, 2.45) is 17.1 Å². The number of halogens is 1. The second-order valence-corrected chi connectivity index (χ2v) is 14.3. The molecule has 0 spiro atoms. The van der Waals surface area contributed by atoms with Gasteiger partial charge in [-0.05, 0) is 49.3 Å². The molecule has 9 nitrogen and oxygen atoms in total. The number of carbonyl (C=O) groups excluding carboxylic acids is 4. The minimum Gasteiger partial charge on any atom is -0.455 e. The van der Waals surface area contributed by atoms with Crippen molar-refractivity contribution in [1.82, 2.24) is 15.2 Å². The number of benzene rings is 1. The second-order valence-electron chi connectivity index (χ2n) is 13.4. The maximum Gasteiger partial charge on any atom is 0.303 e. The summed E-state index contributed by atoms with van der Waals surface area (Å²) in [6.07, 6.45) is 6.58. The fourth-order valence-electron chi connectivity index (χ4n) is 5.63. The highest BCUT2D eigenvalue weighted by Crippen LogP contribution is 2.32. The number of thiazole rings is 1. The van der Waals surface area contributed by atoms with Gasteiger partial charge in [-0.1, -0.05) is 79.4 Å². The summed E-state index contributed by atoms with van der Waals surface area (Å²) < 4.78 is 19.3. The van der Waals surface area contributed by atoms with E-state index in [0.717, 1.165) is 44.1 Å². The molecule has 0 aliphatic rings. The Morgan fingerprint density at radius 1 is 1.04 bits per heavy atom. The lowest BCUT2D eigenvalue weighted by Crippen LogP contribution is -2.45. The van der Waals surface area contributed by atoms with Crippen LogP contribution in [0.3, 0.4) is 0 Å². The number of hydrogen-bond acceptors (Lipinski definition) is 7. The molecule has 0 fully saturated rings. The summed E-state index contributed by atoms with van der Waals surface area (Å²) in [5.41, 5.74) is 5.67. The number of ether oxygens (including phenoxy) is 1. The summed E-state index contributed by atoms with van der Waals surface area (Å²) in [6, 6.07) is 5.30. The summed E-state index contributed by atoms with van der Waals surface area (Å²) >= 11 is 1.22. The van der Waals surface area contributed by atoms with Crippen LogP contribution in [-0.2, 0) is 25.5 Å². The number of nitrogens with zero attached hydrogens (tertiary/aromatic N) is 2. The Hall–Kier alpha value is -3.34. The van der Waals surface area contributed by atoms with E-state index in [4.69, 9.17) is 10.5 Å². The first-order chi connectivity index (χ1) is 22.2. The first-order valence-electron chi connectivity index (χ1n) is 17.0. The van der Waals surface area contributed by atoms with Gasteiger partial charge in [-0.3, -0.25) is 19.2 Å². The van der Waals surface area contributed by atoms with Crippen LogP contribution in [0.4, 0.5) is 4.39 Å². The zero-order valence-electron chi connectivity index (χ0n) is 29.3. The molecule has 2 rings (SSSR count). The number of amides is 3.